The molecule has 3 aromatic carbocycles. The number of benzene rings is 3. The zero-order chi connectivity index (χ0) is 23.4. The van der Waals surface area contributed by atoms with Crippen molar-refractivity contribution in [2.24, 2.45) is 0 Å². The van der Waals surface area contributed by atoms with Gasteiger partial charge in [-0.2, -0.15) is 9.78 Å². The summed E-state index contributed by atoms with van der Waals surface area (Å²) < 4.78 is 1.32. The van der Waals surface area contributed by atoms with Gasteiger partial charge in [0, 0.05) is 27.2 Å². The molecule has 33 heavy (non-hydrogen) atoms. The molecule has 0 saturated heterocycles. The van der Waals surface area contributed by atoms with Crippen LogP contribution in [0.5, 0.6) is 0 Å². The van der Waals surface area contributed by atoms with Crippen LogP contribution in [0.1, 0.15) is 35.7 Å². The number of hydrogen-bond acceptors (Lipinski definition) is 4. The molecule has 7 heteroatoms. The van der Waals surface area contributed by atoms with Gasteiger partial charge in [0.15, 0.2) is 0 Å². The molecular formula is C26H22ClN3O2S. The minimum Gasteiger partial charge on any atom is -0.322 e. The van der Waals surface area contributed by atoms with E-state index in [2.05, 4.69) is 24.3 Å². The monoisotopic (exact) mass is 475 g/mol. The van der Waals surface area contributed by atoms with Crippen molar-refractivity contribution in [2.75, 3.05) is 5.32 Å². The van der Waals surface area contributed by atoms with Gasteiger partial charge in [-0.3, -0.25) is 9.59 Å². The number of hydrogen-bond donors (Lipinski definition) is 1. The maximum Gasteiger partial charge on any atom is 0.271 e. The number of rotatable bonds is 6. The summed E-state index contributed by atoms with van der Waals surface area (Å²) in [6.45, 7) is 4.25. The minimum absolute atomic E-state index is 0.216. The van der Waals surface area contributed by atoms with Crippen LogP contribution < -0.4 is 10.9 Å². The SMILES string of the molecule is CC(C)c1ccc(NC(=O)c2ccc(-n3nc(Sc4ccc(Cl)cc4)ccc3=O)cc2)cc1. The zero-order valence-electron chi connectivity index (χ0n) is 18.2. The van der Waals surface area contributed by atoms with Gasteiger partial charge in [0.25, 0.3) is 11.5 Å². The number of halogens is 1. The molecular weight excluding hydrogens is 454 g/mol. The van der Waals surface area contributed by atoms with Crippen molar-refractivity contribution >= 4 is 35.0 Å². The van der Waals surface area contributed by atoms with Crippen LogP contribution in [0.4, 0.5) is 5.69 Å². The summed E-state index contributed by atoms with van der Waals surface area (Å²) >= 11 is 7.37. The number of nitrogens with zero attached hydrogens (tertiary/aromatic N) is 2. The summed E-state index contributed by atoms with van der Waals surface area (Å²) in [5.74, 6) is 0.216. The van der Waals surface area contributed by atoms with Crippen LogP contribution in [0.25, 0.3) is 5.69 Å². The van der Waals surface area contributed by atoms with Gasteiger partial charge in [0.05, 0.1) is 5.69 Å². The molecule has 0 fully saturated rings. The first kappa shape index (κ1) is 22.8. The lowest BCUT2D eigenvalue weighted by atomic mass is 10.0. The van der Waals surface area contributed by atoms with E-state index in [1.807, 2.05) is 48.5 Å². The third-order valence-corrected chi connectivity index (χ3v) is 6.21. The lowest BCUT2D eigenvalue weighted by Gasteiger charge is -2.10. The molecule has 4 aromatic rings. The molecule has 0 radical (unpaired) electrons. The summed E-state index contributed by atoms with van der Waals surface area (Å²) in [7, 11) is 0. The van der Waals surface area contributed by atoms with Gasteiger partial charge < -0.3 is 5.32 Å². The van der Waals surface area contributed by atoms with E-state index in [-0.39, 0.29) is 11.5 Å². The van der Waals surface area contributed by atoms with E-state index in [0.29, 0.717) is 27.2 Å². The molecule has 0 aliphatic heterocycles. The zero-order valence-corrected chi connectivity index (χ0v) is 19.7. The van der Waals surface area contributed by atoms with E-state index in [1.54, 1.807) is 30.3 Å². The largest absolute Gasteiger partial charge is 0.322 e. The Kier molecular flexibility index (Phi) is 6.96. The van der Waals surface area contributed by atoms with Crippen LogP contribution in [-0.4, -0.2) is 15.7 Å². The maximum absolute atomic E-state index is 12.6. The average Bonchev–Trinajstić information content (AvgIpc) is 2.82. The van der Waals surface area contributed by atoms with Crippen molar-refractivity contribution in [2.45, 2.75) is 29.7 Å². The van der Waals surface area contributed by atoms with Gasteiger partial charge in [0.1, 0.15) is 5.03 Å². The second-order valence-electron chi connectivity index (χ2n) is 7.76. The molecule has 0 unspecified atom stereocenters. The molecule has 0 spiro atoms. The normalized spacial score (nSPS) is 10.9. The third-order valence-electron chi connectivity index (χ3n) is 5.02. The Morgan fingerprint density at radius 2 is 1.58 bits per heavy atom. The molecule has 0 saturated carbocycles. The molecule has 0 aliphatic rings. The van der Waals surface area contributed by atoms with Crippen LogP contribution in [-0.2, 0) is 0 Å². The average molecular weight is 476 g/mol. The van der Waals surface area contributed by atoms with Crippen molar-refractivity contribution < 1.29 is 4.79 Å². The van der Waals surface area contributed by atoms with Crippen LogP contribution >= 0.6 is 23.4 Å². The van der Waals surface area contributed by atoms with Gasteiger partial charge in [-0.05, 0) is 78.2 Å². The standard InChI is InChI=1S/C26H22ClN3O2S/c1-17(2)18-3-9-21(10-4-18)28-26(32)19-5-11-22(12-6-19)30-25(31)16-15-24(29-30)33-23-13-7-20(27)8-14-23/h3-17H,1-2H3,(H,28,32). The second-order valence-corrected chi connectivity index (χ2v) is 9.29. The maximum atomic E-state index is 12.6. The van der Waals surface area contributed by atoms with E-state index in [4.69, 9.17) is 11.6 Å². The highest BCUT2D eigenvalue weighted by Crippen LogP contribution is 2.26. The minimum atomic E-state index is -0.252. The van der Waals surface area contributed by atoms with Gasteiger partial charge in [-0.1, -0.05) is 49.3 Å². The molecule has 1 heterocycles. The van der Waals surface area contributed by atoms with Gasteiger partial charge in [-0.25, -0.2) is 0 Å². The molecule has 4 rings (SSSR count). The van der Waals surface area contributed by atoms with Gasteiger partial charge in [0.2, 0.25) is 0 Å². The van der Waals surface area contributed by atoms with Gasteiger partial charge >= 0.3 is 0 Å². The molecule has 0 atom stereocenters. The van der Waals surface area contributed by atoms with Crippen molar-refractivity contribution in [1.29, 1.82) is 0 Å². The quantitative estimate of drug-likeness (QED) is 0.350. The Hall–Kier alpha value is -3.35. The summed E-state index contributed by atoms with van der Waals surface area (Å²) in [6, 6.07) is 25.2. The predicted molar refractivity (Wildman–Crippen MR) is 134 cm³/mol. The van der Waals surface area contributed by atoms with Crippen LogP contribution in [0.3, 0.4) is 0 Å². The predicted octanol–water partition coefficient (Wildman–Crippen LogP) is 6.41. The fraction of sp³-hybridized carbons (Fsp3) is 0.115. The highest BCUT2D eigenvalue weighted by molar-refractivity contribution is 7.99. The lowest BCUT2D eigenvalue weighted by molar-refractivity contribution is 0.102. The number of amides is 1. The Morgan fingerprint density at radius 3 is 2.21 bits per heavy atom. The smallest absolute Gasteiger partial charge is 0.271 e. The van der Waals surface area contributed by atoms with E-state index in [0.717, 1.165) is 10.6 Å². The first-order chi connectivity index (χ1) is 15.9. The molecule has 0 aliphatic carbocycles. The van der Waals surface area contributed by atoms with Crippen LogP contribution in [0, 0.1) is 0 Å². The van der Waals surface area contributed by atoms with E-state index in [1.165, 1.54) is 28.1 Å². The molecule has 166 valence electrons. The Labute approximate surface area is 201 Å². The van der Waals surface area contributed by atoms with Crippen molar-refractivity contribution in [1.82, 2.24) is 9.78 Å². The summed E-state index contributed by atoms with van der Waals surface area (Å²) in [5, 5.41) is 8.69. The highest BCUT2D eigenvalue weighted by atomic mass is 35.5. The fourth-order valence-electron chi connectivity index (χ4n) is 3.17. The Bertz CT molecular complexity index is 1320. The second kappa shape index (κ2) is 10.1. The number of carbonyl (C=O) groups is 1. The van der Waals surface area contributed by atoms with Crippen molar-refractivity contribution in [3.05, 3.63) is 111 Å². The van der Waals surface area contributed by atoms with Crippen LogP contribution in [0.2, 0.25) is 5.02 Å². The van der Waals surface area contributed by atoms with E-state index in [9.17, 15) is 9.59 Å². The lowest BCUT2D eigenvalue weighted by Crippen LogP contribution is -2.20. The molecule has 0 bridgehead atoms. The number of anilines is 1. The highest BCUT2D eigenvalue weighted by Gasteiger charge is 2.09. The number of nitrogens with one attached hydrogen (secondary N) is 1. The van der Waals surface area contributed by atoms with Gasteiger partial charge in [-0.15, -0.1) is 0 Å². The summed E-state index contributed by atoms with van der Waals surface area (Å²) in [6.07, 6.45) is 0. The number of aromatic nitrogens is 2. The Morgan fingerprint density at radius 1 is 0.909 bits per heavy atom. The summed E-state index contributed by atoms with van der Waals surface area (Å²) in [5.41, 5.74) is 2.77. The van der Waals surface area contributed by atoms with E-state index < -0.39 is 0 Å². The van der Waals surface area contributed by atoms with Crippen molar-refractivity contribution in [3.63, 3.8) is 0 Å². The van der Waals surface area contributed by atoms with Crippen molar-refractivity contribution in [3.8, 4) is 5.69 Å². The molecule has 1 amide bonds. The summed E-state index contributed by atoms with van der Waals surface area (Å²) in [4.78, 5) is 26.0. The molecule has 5 nitrogen and oxygen atoms in total. The third kappa shape index (κ3) is 5.72. The fourth-order valence-corrected chi connectivity index (χ4v) is 4.06. The van der Waals surface area contributed by atoms with E-state index >= 15 is 0 Å². The number of carbonyl (C=O) groups excluding carboxylic acids is 1. The molecule has 1 N–H and O–H groups in total. The molecule has 1 aromatic heterocycles. The first-order valence-electron chi connectivity index (χ1n) is 10.4. The first-order valence-corrected chi connectivity index (χ1v) is 11.6. The Balaban J connectivity index is 1.49. The topological polar surface area (TPSA) is 64.0 Å². The van der Waals surface area contributed by atoms with Crippen LogP contribution in [0.15, 0.2) is 99.6 Å².